The average molecular weight is 620 g/mol. The summed E-state index contributed by atoms with van der Waals surface area (Å²) in [5.74, 6) is 0.107. The molecular weight excluding hydrogens is 593 g/mol. The Bertz CT molecular complexity index is 1120. The molecule has 0 unspecified atom stereocenters. The number of carbonyl (C=O) groups excluding carboxylic acids is 2. The van der Waals surface area contributed by atoms with Crippen LogP contribution < -0.4 is 15.4 Å². The van der Waals surface area contributed by atoms with Crippen LogP contribution in [0.3, 0.4) is 0 Å². The number of urea groups is 1. The Morgan fingerprint density at radius 1 is 1.12 bits per heavy atom. The zero-order valence-electron chi connectivity index (χ0n) is 18.7. The Balaban J connectivity index is 1.56. The normalized spacial score (nSPS) is 14.3. The van der Waals surface area contributed by atoms with Crippen molar-refractivity contribution in [3.05, 3.63) is 58.6 Å². The molecule has 2 N–H and O–H groups in total. The lowest BCUT2D eigenvalue weighted by Gasteiger charge is -2.25. The van der Waals surface area contributed by atoms with Crippen molar-refractivity contribution < 1.29 is 22.7 Å². The van der Waals surface area contributed by atoms with Gasteiger partial charge in [0.1, 0.15) is 5.75 Å². The van der Waals surface area contributed by atoms with Crippen LogP contribution >= 0.6 is 34.5 Å². The lowest BCUT2D eigenvalue weighted by atomic mass is 9.96. The second-order valence-electron chi connectivity index (χ2n) is 8.00. The van der Waals surface area contributed by atoms with Crippen LogP contribution in [0.5, 0.6) is 5.75 Å². The summed E-state index contributed by atoms with van der Waals surface area (Å²) in [7, 11) is -2.50. The molecule has 3 rings (SSSR count). The lowest BCUT2D eigenvalue weighted by Crippen LogP contribution is -2.43. The van der Waals surface area contributed by atoms with Gasteiger partial charge in [0, 0.05) is 17.6 Å². The van der Waals surface area contributed by atoms with Crippen LogP contribution in [0.2, 0.25) is 5.02 Å². The number of methoxy groups -OCH3 is 1. The van der Waals surface area contributed by atoms with Gasteiger partial charge >= 0.3 is 6.03 Å². The molecular formula is C23H27ClIN3O5S. The second kappa shape index (κ2) is 12.1. The van der Waals surface area contributed by atoms with Crippen LogP contribution in [-0.4, -0.2) is 42.6 Å². The number of hydrogen-bond acceptors (Lipinski definition) is 5. The molecule has 0 aromatic heterocycles. The van der Waals surface area contributed by atoms with Gasteiger partial charge in [-0.15, -0.1) is 0 Å². The molecule has 0 saturated heterocycles. The van der Waals surface area contributed by atoms with E-state index in [0.29, 0.717) is 29.3 Å². The number of halogens is 2. The van der Waals surface area contributed by atoms with E-state index >= 15 is 0 Å². The molecule has 2 aromatic carbocycles. The molecule has 0 bridgehead atoms. The summed E-state index contributed by atoms with van der Waals surface area (Å²) in [6.45, 7) is 0.336. The summed E-state index contributed by atoms with van der Waals surface area (Å²) in [5, 5.41) is 6.05. The van der Waals surface area contributed by atoms with Crippen LogP contribution in [0.15, 0.2) is 47.4 Å². The largest absolute Gasteiger partial charge is 0.496 e. The first-order chi connectivity index (χ1) is 16.2. The zero-order valence-corrected chi connectivity index (χ0v) is 22.5. The fourth-order valence-electron chi connectivity index (χ4n) is 3.78. The first-order valence-corrected chi connectivity index (χ1v) is 13.7. The third kappa shape index (κ3) is 6.76. The maximum absolute atomic E-state index is 12.9. The number of amides is 3. The minimum absolute atomic E-state index is 0.0122. The summed E-state index contributed by atoms with van der Waals surface area (Å²) in [5.41, 5.74) is 1.18. The number of benzene rings is 2. The van der Waals surface area contributed by atoms with E-state index in [0.717, 1.165) is 40.2 Å². The molecule has 1 fully saturated rings. The molecule has 0 heterocycles. The number of sulfonamides is 1. The minimum atomic E-state index is -3.98. The summed E-state index contributed by atoms with van der Waals surface area (Å²) in [6.07, 6.45) is 5.44. The SMILES string of the molecule is COc1ccc(Cl)cc1C(=O)NCCc1ccc(S(=O)(=O)N(I)C(=O)NC2CCCCC2)cc1. The molecule has 2 aromatic rings. The summed E-state index contributed by atoms with van der Waals surface area (Å²) in [4.78, 5) is 24.9. The Kier molecular flexibility index (Phi) is 9.43. The molecule has 11 heteroatoms. The Morgan fingerprint density at radius 3 is 2.44 bits per heavy atom. The van der Waals surface area contributed by atoms with Gasteiger partial charge < -0.3 is 15.4 Å². The van der Waals surface area contributed by atoms with E-state index in [1.54, 1.807) is 24.3 Å². The first-order valence-electron chi connectivity index (χ1n) is 10.9. The highest BCUT2D eigenvalue weighted by molar-refractivity contribution is 14.1. The molecule has 1 aliphatic carbocycles. The van der Waals surface area contributed by atoms with E-state index in [1.165, 1.54) is 48.2 Å². The molecule has 1 aliphatic rings. The number of nitrogens with zero attached hydrogens (tertiary/aromatic N) is 1. The predicted octanol–water partition coefficient (Wildman–Crippen LogP) is 4.70. The van der Waals surface area contributed by atoms with Gasteiger partial charge in [-0.2, -0.15) is 2.52 Å². The molecule has 0 atom stereocenters. The Morgan fingerprint density at radius 2 is 1.79 bits per heavy atom. The number of nitrogens with one attached hydrogen (secondary N) is 2. The number of rotatable bonds is 8. The topological polar surface area (TPSA) is 105 Å². The van der Waals surface area contributed by atoms with Crippen LogP contribution in [0, 0.1) is 0 Å². The van der Waals surface area contributed by atoms with Crippen molar-refractivity contribution in [3.8, 4) is 5.75 Å². The fraction of sp³-hybridized carbons (Fsp3) is 0.391. The highest BCUT2D eigenvalue weighted by Crippen LogP contribution is 2.24. The van der Waals surface area contributed by atoms with E-state index in [9.17, 15) is 18.0 Å². The molecule has 1 saturated carbocycles. The molecule has 184 valence electrons. The van der Waals surface area contributed by atoms with Crippen molar-refractivity contribution in [2.24, 2.45) is 0 Å². The summed E-state index contributed by atoms with van der Waals surface area (Å²) < 4.78 is 31.6. The maximum Gasteiger partial charge on any atom is 0.340 e. The maximum atomic E-state index is 12.9. The molecule has 0 radical (unpaired) electrons. The van der Waals surface area contributed by atoms with Crippen LogP contribution in [0.4, 0.5) is 4.79 Å². The molecule has 0 spiro atoms. The van der Waals surface area contributed by atoms with Crippen LogP contribution in [0.1, 0.15) is 48.0 Å². The van der Waals surface area contributed by atoms with E-state index < -0.39 is 16.1 Å². The van der Waals surface area contributed by atoms with E-state index in [-0.39, 0.29) is 16.8 Å². The van der Waals surface area contributed by atoms with Crippen molar-refractivity contribution >= 4 is 56.4 Å². The fourth-order valence-corrected chi connectivity index (χ4v) is 5.71. The summed E-state index contributed by atoms with van der Waals surface area (Å²) >= 11 is 7.50. The smallest absolute Gasteiger partial charge is 0.340 e. The Hall–Kier alpha value is -2.05. The number of carbonyl (C=O) groups is 2. The molecule has 0 aliphatic heterocycles. The molecule has 3 amide bonds. The van der Waals surface area contributed by atoms with Crippen molar-refractivity contribution in [1.82, 2.24) is 13.2 Å². The van der Waals surface area contributed by atoms with Gasteiger partial charge in [0.25, 0.3) is 15.9 Å². The monoisotopic (exact) mass is 619 g/mol. The third-order valence-corrected chi connectivity index (χ3v) is 9.31. The van der Waals surface area contributed by atoms with E-state index in [4.69, 9.17) is 16.3 Å². The van der Waals surface area contributed by atoms with Crippen molar-refractivity contribution in [3.63, 3.8) is 0 Å². The van der Waals surface area contributed by atoms with E-state index in [2.05, 4.69) is 10.6 Å². The third-order valence-electron chi connectivity index (χ3n) is 5.63. The number of hydrogen-bond donors (Lipinski definition) is 2. The highest BCUT2D eigenvalue weighted by Gasteiger charge is 2.29. The van der Waals surface area contributed by atoms with Crippen LogP contribution in [-0.2, 0) is 16.4 Å². The van der Waals surface area contributed by atoms with Crippen molar-refractivity contribution in [2.75, 3.05) is 13.7 Å². The van der Waals surface area contributed by atoms with Crippen LogP contribution in [0.25, 0.3) is 0 Å². The van der Waals surface area contributed by atoms with Gasteiger partial charge in [-0.05, 0) is 55.2 Å². The highest BCUT2D eigenvalue weighted by atomic mass is 127. The van der Waals surface area contributed by atoms with Gasteiger partial charge in [-0.25, -0.2) is 13.2 Å². The van der Waals surface area contributed by atoms with Crippen molar-refractivity contribution in [1.29, 1.82) is 0 Å². The standard InChI is InChI=1S/C23H27ClIN3O5S/c1-33-21-12-9-17(24)15-20(21)22(29)26-14-13-16-7-10-19(11-8-16)34(31,32)28(25)23(30)27-18-5-3-2-4-6-18/h7-12,15,18H,2-6,13-14H2,1H3,(H,26,29)(H,27,30). The minimum Gasteiger partial charge on any atom is -0.496 e. The zero-order chi connectivity index (χ0) is 24.7. The quantitative estimate of drug-likeness (QED) is 0.329. The van der Waals surface area contributed by atoms with E-state index in [1.807, 2.05) is 0 Å². The molecule has 8 nitrogen and oxygen atoms in total. The van der Waals surface area contributed by atoms with Gasteiger partial charge in [0.15, 0.2) is 0 Å². The van der Waals surface area contributed by atoms with Gasteiger partial charge in [-0.3, -0.25) is 4.79 Å². The second-order valence-corrected chi connectivity index (χ2v) is 11.8. The predicted molar refractivity (Wildman–Crippen MR) is 139 cm³/mol. The van der Waals surface area contributed by atoms with Crippen molar-refractivity contribution in [2.45, 2.75) is 49.5 Å². The average Bonchev–Trinajstić information content (AvgIpc) is 2.84. The van der Waals surface area contributed by atoms with Gasteiger partial charge in [0.2, 0.25) is 0 Å². The lowest BCUT2D eigenvalue weighted by molar-refractivity contribution is 0.0951. The Labute approximate surface area is 218 Å². The van der Waals surface area contributed by atoms with Gasteiger partial charge in [0.05, 0.1) is 40.4 Å². The summed E-state index contributed by atoms with van der Waals surface area (Å²) in [6, 6.07) is 10.5. The van der Waals surface area contributed by atoms with Gasteiger partial charge in [-0.1, -0.05) is 43.0 Å². The molecule has 34 heavy (non-hydrogen) atoms. The number of ether oxygens (including phenoxy) is 1. The first kappa shape index (κ1) is 26.6.